The highest BCUT2D eigenvalue weighted by molar-refractivity contribution is 7.99. The van der Waals surface area contributed by atoms with Crippen LogP contribution < -0.4 is 9.47 Å². The van der Waals surface area contributed by atoms with Gasteiger partial charge in [-0.2, -0.15) is 0 Å². The van der Waals surface area contributed by atoms with Gasteiger partial charge in [-0.3, -0.25) is 9.59 Å². The average molecular weight is 439 g/mol. The van der Waals surface area contributed by atoms with E-state index in [0.717, 1.165) is 61.2 Å². The van der Waals surface area contributed by atoms with Crippen molar-refractivity contribution in [2.75, 3.05) is 0 Å². The van der Waals surface area contributed by atoms with E-state index >= 15 is 0 Å². The first kappa shape index (κ1) is 21.9. The lowest BCUT2D eigenvalue weighted by Crippen LogP contribution is -2.22. The summed E-state index contributed by atoms with van der Waals surface area (Å²) in [4.78, 5) is 26.7. The zero-order valence-corrected chi connectivity index (χ0v) is 18.7. The van der Waals surface area contributed by atoms with Gasteiger partial charge in [0.25, 0.3) is 0 Å². The van der Waals surface area contributed by atoms with Crippen LogP contribution >= 0.6 is 11.8 Å². The summed E-state index contributed by atoms with van der Waals surface area (Å²) in [6.07, 6.45) is 10.7. The van der Waals surface area contributed by atoms with Crippen molar-refractivity contribution in [1.29, 1.82) is 0 Å². The molecule has 0 N–H and O–H groups in total. The van der Waals surface area contributed by atoms with E-state index < -0.39 is 0 Å². The molecule has 0 heterocycles. The van der Waals surface area contributed by atoms with Crippen LogP contribution in [0.5, 0.6) is 11.5 Å². The van der Waals surface area contributed by atoms with Gasteiger partial charge in [-0.25, -0.2) is 0 Å². The molecule has 164 valence electrons. The molecule has 31 heavy (non-hydrogen) atoms. The lowest BCUT2D eigenvalue weighted by atomic mass is 9.89. The molecule has 2 aromatic rings. The summed E-state index contributed by atoms with van der Waals surface area (Å²) < 4.78 is 11.1. The topological polar surface area (TPSA) is 52.6 Å². The fourth-order valence-electron chi connectivity index (χ4n) is 4.36. The Balaban J connectivity index is 1.27. The number of carbonyl (C=O) groups is 2. The fourth-order valence-corrected chi connectivity index (χ4v) is 5.18. The molecular formula is C26H30O4S. The molecule has 2 fully saturated rings. The lowest BCUT2D eigenvalue weighted by molar-refractivity contribution is -0.140. The van der Waals surface area contributed by atoms with Crippen molar-refractivity contribution < 1.29 is 19.1 Å². The third-order valence-corrected chi connectivity index (χ3v) is 7.21. The van der Waals surface area contributed by atoms with Gasteiger partial charge in [0.1, 0.15) is 11.5 Å². The number of carbonyl (C=O) groups excluding carboxylic acids is 2. The molecule has 0 spiro atoms. The van der Waals surface area contributed by atoms with Gasteiger partial charge in [0.2, 0.25) is 0 Å². The molecule has 2 aliphatic rings. The summed E-state index contributed by atoms with van der Waals surface area (Å²) in [5.41, 5.74) is 0. The van der Waals surface area contributed by atoms with Crippen LogP contribution in [0.3, 0.4) is 0 Å². The van der Waals surface area contributed by atoms with Crippen molar-refractivity contribution in [3.05, 3.63) is 48.5 Å². The van der Waals surface area contributed by atoms with Crippen LogP contribution in [0.4, 0.5) is 0 Å². The minimum atomic E-state index is -0.0986. The first-order valence-corrected chi connectivity index (χ1v) is 12.3. The molecule has 0 amide bonds. The van der Waals surface area contributed by atoms with Crippen LogP contribution in [-0.4, -0.2) is 11.9 Å². The predicted molar refractivity (Wildman–Crippen MR) is 121 cm³/mol. The van der Waals surface area contributed by atoms with Crippen LogP contribution in [0.15, 0.2) is 58.3 Å². The van der Waals surface area contributed by atoms with E-state index in [-0.39, 0.29) is 23.8 Å². The third kappa shape index (κ3) is 6.36. The largest absolute Gasteiger partial charge is 0.426 e. The van der Waals surface area contributed by atoms with Gasteiger partial charge in [-0.15, -0.1) is 0 Å². The molecule has 0 bridgehead atoms. The Labute approximate surface area is 188 Å². The van der Waals surface area contributed by atoms with E-state index in [4.69, 9.17) is 9.47 Å². The van der Waals surface area contributed by atoms with E-state index in [1.165, 1.54) is 12.8 Å². The number of esters is 2. The molecule has 0 aliphatic heterocycles. The second kappa shape index (κ2) is 10.9. The maximum atomic E-state index is 12.3. The van der Waals surface area contributed by atoms with Crippen molar-refractivity contribution in [2.24, 2.45) is 11.8 Å². The average Bonchev–Trinajstić information content (AvgIpc) is 2.82. The minimum Gasteiger partial charge on any atom is -0.426 e. The quantitative estimate of drug-likeness (QED) is 0.366. The molecule has 0 aromatic heterocycles. The van der Waals surface area contributed by atoms with Crippen LogP contribution in [0.1, 0.15) is 64.2 Å². The minimum absolute atomic E-state index is 0.0496. The fraction of sp³-hybridized carbons (Fsp3) is 0.462. The van der Waals surface area contributed by atoms with E-state index in [1.807, 2.05) is 48.5 Å². The first-order valence-electron chi connectivity index (χ1n) is 11.5. The monoisotopic (exact) mass is 438 g/mol. The number of hydrogen-bond donors (Lipinski definition) is 0. The van der Waals surface area contributed by atoms with Crippen molar-refractivity contribution in [3.63, 3.8) is 0 Å². The smallest absolute Gasteiger partial charge is 0.314 e. The third-order valence-electron chi connectivity index (χ3n) is 6.20. The molecule has 0 unspecified atom stereocenters. The summed E-state index contributed by atoms with van der Waals surface area (Å²) in [6, 6.07) is 15.3. The maximum absolute atomic E-state index is 12.3. The molecular weight excluding hydrogens is 408 g/mol. The summed E-state index contributed by atoms with van der Waals surface area (Å²) in [6.45, 7) is 0. The highest BCUT2D eigenvalue weighted by atomic mass is 32.2. The van der Waals surface area contributed by atoms with Gasteiger partial charge in [0.05, 0.1) is 11.8 Å². The molecule has 0 radical (unpaired) electrons. The number of ether oxygens (including phenoxy) is 2. The standard InChI is InChI=1S/C26H30O4S/c27-25(19-7-3-1-4-8-19)29-21-11-15-23(16-12-21)31-24-17-13-22(14-18-24)30-26(28)20-9-5-2-6-10-20/h11-20H,1-10H2. The highest BCUT2D eigenvalue weighted by Gasteiger charge is 2.24. The van der Waals surface area contributed by atoms with Crippen LogP contribution in [0.25, 0.3) is 0 Å². The van der Waals surface area contributed by atoms with Crippen LogP contribution in [0, 0.1) is 11.8 Å². The van der Waals surface area contributed by atoms with Gasteiger partial charge in [-0.05, 0) is 74.2 Å². The van der Waals surface area contributed by atoms with Crippen molar-refractivity contribution in [2.45, 2.75) is 74.0 Å². The maximum Gasteiger partial charge on any atom is 0.314 e. The molecule has 0 atom stereocenters. The molecule has 2 saturated carbocycles. The molecule has 4 nitrogen and oxygen atoms in total. The molecule has 4 rings (SSSR count). The van der Waals surface area contributed by atoms with Crippen LogP contribution in [0.2, 0.25) is 0 Å². The Kier molecular flexibility index (Phi) is 7.68. The van der Waals surface area contributed by atoms with Crippen molar-refractivity contribution in [1.82, 2.24) is 0 Å². The van der Waals surface area contributed by atoms with Gasteiger partial charge < -0.3 is 9.47 Å². The molecule has 2 aliphatic carbocycles. The van der Waals surface area contributed by atoms with Gasteiger partial charge in [0.15, 0.2) is 0 Å². The second-order valence-electron chi connectivity index (χ2n) is 8.56. The predicted octanol–water partition coefficient (Wildman–Crippen LogP) is 6.81. The first-order chi connectivity index (χ1) is 15.2. The van der Waals surface area contributed by atoms with E-state index in [0.29, 0.717) is 11.5 Å². The molecule has 2 aromatic carbocycles. The Morgan fingerprint density at radius 1 is 0.581 bits per heavy atom. The Bertz CT molecular complexity index is 790. The number of benzene rings is 2. The van der Waals surface area contributed by atoms with E-state index in [9.17, 15) is 9.59 Å². The highest BCUT2D eigenvalue weighted by Crippen LogP contribution is 2.32. The number of hydrogen-bond acceptors (Lipinski definition) is 5. The van der Waals surface area contributed by atoms with Gasteiger partial charge in [0, 0.05) is 9.79 Å². The van der Waals surface area contributed by atoms with E-state index in [1.54, 1.807) is 11.8 Å². The van der Waals surface area contributed by atoms with E-state index in [2.05, 4.69) is 0 Å². The van der Waals surface area contributed by atoms with Crippen molar-refractivity contribution in [3.8, 4) is 11.5 Å². The molecule has 0 saturated heterocycles. The summed E-state index contributed by atoms with van der Waals surface area (Å²) >= 11 is 1.62. The Hall–Kier alpha value is -2.27. The molecule has 5 heteroatoms. The Morgan fingerprint density at radius 3 is 1.29 bits per heavy atom. The SMILES string of the molecule is O=C(Oc1ccc(Sc2ccc(OC(=O)C3CCCCC3)cc2)cc1)C1CCCCC1. The Morgan fingerprint density at radius 2 is 0.935 bits per heavy atom. The van der Waals surface area contributed by atoms with Crippen molar-refractivity contribution >= 4 is 23.7 Å². The van der Waals surface area contributed by atoms with Gasteiger partial charge >= 0.3 is 11.9 Å². The summed E-state index contributed by atoms with van der Waals surface area (Å²) in [5.74, 6) is 1.11. The second-order valence-corrected chi connectivity index (χ2v) is 9.70. The summed E-state index contributed by atoms with van der Waals surface area (Å²) in [5, 5.41) is 0. The zero-order chi connectivity index (χ0) is 21.5. The van der Waals surface area contributed by atoms with Gasteiger partial charge in [-0.1, -0.05) is 50.3 Å². The zero-order valence-electron chi connectivity index (χ0n) is 17.9. The van der Waals surface area contributed by atoms with Crippen LogP contribution in [-0.2, 0) is 9.59 Å². The summed E-state index contributed by atoms with van der Waals surface area (Å²) in [7, 11) is 0. The lowest BCUT2D eigenvalue weighted by Gasteiger charge is -2.19. The number of rotatable bonds is 6. The normalized spacial score (nSPS) is 17.8.